The zero-order valence-electron chi connectivity index (χ0n) is 11.7. The second kappa shape index (κ2) is 4.49. The zero-order chi connectivity index (χ0) is 13.7. The predicted molar refractivity (Wildman–Crippen MR) is 77.5 cm³/mol. The number of rotatable bonds is 4. The molecule has 2 aliphatic rings. The van der Waals surface area contributed by atoms with Crippen LogP contribution in [0.3, 0.4) is 0 Å². The van der Waals surface area contributed by atoms with Crippen molar-refractivity contribution in [3.8, 4) is 0 Å². The van der Waals surface area contributed by atoms with Crippen molar-refractivity contribution in [1.82, 2.24) is 0 Å². The van der Waals surface area contributed by atoms with Crippen LogP contribution < -0.4 is 0 Å². The van der Waals surface area contributed by atoms with E-state index in [1.807, 2.05) is 18.2 Å². The molecule has 0 amide bonds. The van der Waals surface area contributed by atoms with Crippen LogP contribution in [0.4, 0.5) is 0 Å². The van der Waals surface area contributed by atoms with Crippen molar-refractivity contribution in [3.63, 3.8) is 0 Å². The van der Waals surface area contributed by atoms with Crippen molar-refractivity contribution in [3.05, 3.63) is 59.5 Å². The van der Waals surface area contributed by atoms with Crippen LogP contribution in [-0.4, -0.2) is 5.11 Å². The minimum absolute atomic E-state index is 0.313. The Kier molecular flexibility index (Phi) is 2.74. The lowest BCUT2D eigenvalue weighted by Crippen LogP contribution is -1.99. The molecule has 20 heavy (non-hydrogen) atoms. The van der Waals surface area contributed by atoms with E-state index < -0.39 is 6.10 Å². The van der Waals surface area contributed by atoms with Gasteiger partial charge in [-0.1, -0.05) is 37.3 Å². The molecule has 104 valence electrons. The van der Waals surface area contributed by atoms with Gasteiger partial charge in [-0.2, -0.15) is 0 Å². The van der Waals surface area contributed by atoms with E-state index in [0.717, 1.165) is 23.9 Å². The van der Waals surface area contributed by atoms with Crippen LogP contribution in [0.2, 0.25) is 0 Å². The molecule has 0 aliphatic heterocycles. The maximum Gasteiger partial charge on any atom is 0.132 e. The van der Waals surface area contributed by atoms with Crippen LogP contribution in [0.1, 0.15) is 54.8 Å². The summed E-state index contributed by atoms with van der Waals surface area (Å²) in [6.07, 6.45) is 1.82. The Morgan fingerprint density at radius 3 is 2.50 bits per heavy atom. The van der Waals surface area contributed by atoms with Gasteiger partial charge in [0.1, 0.15) is 17.6 Å². The Balaban J connectivity index is 1.46. The molecule has 5 unspecified atom stereocenters. The Bertz CT molecular complexity index is 601. The number of furan rings is 1. The molecule has 2 saturated carbocycles. The van der Waals surface area contributed by atoms with E-state index in [1.54, 1.807) is 0 Å². The number of aliphatic hydroxyl groups is 1. The van der Waals surface area contributed by atoms with E-state index in [2.05, 4.69) is 31.2 Å². The average molecular weight is 268 g/mol. The second-order valence-electron chi connectivity index (χ2n) is 6.42. The van der Waals surface area contributed by atoms with E-state index in [4.69, 9.17) is 4.42 Å². The van der Waals surface area contributed by atoms with E-state index in [1.165, 1.54) is 12.0 Å². The molecule has 2 heteroatoms. The summed E-state index contributed by atoms with van der Waals surface area (Å²) < 4.78 is 5.88. The van der Waals surface area contributed by atoms with Crippen LogP contribution >= 0.6 is 0 Å². The highest BCUT2D eigenvalue weighted by Crippen LogP contribution is 2.55. The molecule has 0 spiro atoms. The molecular formula is C18H20O2. The van der Waals surface area contributed by atoms with Gasteiger partial charge in [0.05, 0.1) is 0 Å². The highest BCUT2D eigenvalue weighted by Gasteiger charge is 2.45. The fraction of sp³-hybridized carbons (Fsp3) is 0.444. The van der Waals surface area contributed by atoms with E-state index in [-0.39, 0.29) is 0 Å². The molecule has 5 atom stereocenters. The van der Waals surface area contributed by atoms with Gasteiger partial charge in [-0.15, -0.1) is 0 Å². The van der Waals surface area contributed by atoms with Gasteiger partial charge in [0.2, 0.25) is 0 Å². The van der Waals surface area contributed by atoms with E-state index >= 15 is 0 Å². The van der Waals surface area contributed by atoms with Gasteiger partial charge in [-0.3, -0.25) is 0 Å². The fourth-order valence-electron chi connectivity index (χ4n) is 3.30. The summed E-state index contributed by atoms with van der Waals surface area (Å²) in [7, 11) is 0. The van der Waals surface area contributed by atoms with Gasteiger partial charge < -0.3 is 9.52 Å². The molecule has 1 heterocycles. The Labute approximate surface area is 119 Å². The monoisotopic (exact) mass is 268 g/mol. The van der Waals surface area contributed by atoms with Gasteiger partial charge in [0.25, 0.3) is 0 Å². The third-order valence-corrected chi connectivity index (χ3v) is 4.89. The summed E-state index contributed by atoms with van der Waals surface area (Å²) in [5, 5.41) is 10.5. The first-order chi connectivity index (χ1) is 9.74. The standard InChI is InChI=1S/C18H20O2/c1-11-9-13(11)16-7-8-17(20-16)18(19)15-10-14(15)12-5-3-2-4-6-12/h2-8,11,13-15,18-19H,9-10H2,1H3. The van der Waals surface area contributed by atoms with Gasteiger partial charge in [-0.05, 0) is 48.3 Å². The van der Waals surface area contributed by atoms with Gasteiger partial charge in [0, 0.05) is 5.92 Å². The minimum atomic E-state index is -0.456. The van der Waals surface area contributed by atoms with Crippen LogP contribution in [0, 0.1) is 11.8 Å². The molecule has 1 aromatic carbocycles. The highest BCUT2D eigenvalue weighted by atomic mass is 16.4. The van der Waals surface area contributed by atoms with Crippen molar-refractivity contribution in [2.75, 3.05) is 0 Å². The lowest BCUT2D eigenvalue weighted by atomic mass is 10.1. The SMILES string of the molecule is CC1CC1c1ccc(C(O)C2CC2c2ccccc2)o1. The summed E-state index contributed by atoms with van der Waals surface area (Å²) in [5.74, 6) is 3.93. The first-order valence-electron chi connectivity index (χ1n) is 7.56. The molecule has 2 nitrogen and oxygen atoms in total. The molecule has 2 aliphatic carbocycles. The van der Waals surface area contributed by atoms with Crippen molar-refractivity contribution >= 4 is 0 Å². The van der Waals surface area contributed by atoms with Crippen LogP contribution in [0.15, 0.2) is 46.9 Å². The molecule has 1 aromatic heterocycles. The number of hydrogen-bond acceptors (Lipinski definition) is 2. The average Bonchev–Trinajstić information content (AvgIpc) is 3.37. The normalized spacial score (nSPS) is 32.9. The first kappa shape index (κ1) is 12.2. The molecule has 2 aromatic rings. The molecular weight excluding hydrogens is 248 g/mol. The number of benzene rings is 1. The van der Waals surface area contributed by atoms with Gasteiger partial charge in [-0.25, -0.2) is 0 Å². The van der Waals surface area contributed by atoms with Crippen molar-refractivity contribution in [1.29, 1.82) is 0 Å². The maximum absolute atomic E-state index is 10.5. The quantitative estimate of drug-likeness (QED) is 0.899. The lowest BCUT2D eigenvalue weighted by Gasteiger charge is -2.07. The van der Waals surface area contributed by atoms with Gasteiger partial charge in [0.15, 0.2) is 0 Å². The topological polar surface area (TPSA) is 33.4 Å². The predicted octanol–water partition coefficient (Wildman–Crippen LogP) is 4.24. The molecule has 0 bridgehead atoms. The molecule has 1 N–H and O–H groups in total. The second-order valence-corrected chi connectivity index (χ2v) is 6.42. The van der Waals surface area contributed by atoms with E-state index in [0.29, 0.717) is 17.8 Å². The largest absolute Gasteiger partial charge is 0.463 e. The lowest BCUT2D eigenvalue weighted by molar-refractivity contribution is 0.123. The zero-order valence-corrected chi connectivity index (χ0v) is 11.7. The summed E-state index contributed by atoms with van der Waals surface area (Å²) in [5.41, 5.74) is 1.33. The smallest absolute Gasteiger partial charge is 0.132 e. The number of aliphatic hydroxyl groups excluding tert-OH is 1. The Hall–Kier alpha value is -1.54. The van der Waals surface area contributed by atoms with E-state index in [9.17, 15) is 5.11 Å². The Morgan fingerprint density at radius 1 is 1.05 bits per heavy atom. The molecule has 2 fully saturated rings. The third-order valence-electron chi connectivity index (χ3n) is 4.89. The van der Waals surface area contributed by atoms with Crippen molar-refractivity contribution < 1.29 is 9.52 Å². The molecule has 0 radical (unpaired) electrons. The summed E-state index contributed by atoms with van der Waals surface area (Å²) in [4.78, 5) is 0. The maximum atomic E-state index is 10.5. The van der Waals surface area contributed by atoms with Crippen molar-refractivity contribution in [2.24, 2.45) is 11.8 Å². The minimum Gasteiger partial charge on any atom is -0.463 e. The fourth-order valence-corrected chi connectivity index (χ4v) is 3.30. The summed E-state index contributed by atoms with van der Waals surface area (Å²) >= 11 is 0. The van der Waals surface area contributed by atoms with Crippen LogP contribution in [0.25, 0.3) is 0 Å². The first-order valence-corrected chi connectivity index (χ1v) is 7.56. The van der Waals surface area contributed by atoms with Crippen LogP contribution in [0.5, 0.6) is 0 Å². The summed E-state index contributed by atoms with van der Waals surface area (Å²) in [6, 6.07) is 14.5. The summed E-state index contributed by atoms with van der Waals surface area (Å²) in [6.45, 7) is 2.25. The van der Waals surface area contributed by atoms with Crippen LogP contribution in [-0.2, 0) is 0 Å². The van der Waals surface area contributed by atoms with Crippen molar-refractivity contribution in [2.45, 2.75) is 37.7 Å². The highest BCUT2D eigenvalue weighted by molar-refractivity contribution is 5.28. The number of hydrogen-bond donors (Lipinski definition) is 1. The molecule has 0 saturated heterocycles. The molecule has 4 rings (SSSR count). The third kappa shape index (κ3) is 2.08. The van der Waals surface area contributed by atoms with Gasteiger partial charge >= 0.3 is 0 Å². The Morgan fingerprint density at radius 2 is 1.80 bits per heavy atom.